The summed E-state index contributed by atoms with van der Waals surface area (Å²) in [4.78, 5) is 22.5. The first-order chi connectivity index (χ1) is 10.1. The Morgan fingerprint density at radius 1 is 1.10 bits per heavy atom. The van der Waals surface area contributed by atoms with E-state index in [1.54, 1.807) is 38.3 Å². The van der Waals surface area contributed by atoms with Gasteiger partial charge in [0.05, 0.1) is 20.8 Å². The van der Waals surface area contributed by atoms with Crippen LogP contribution < -0.4 is 9.47 Å². The van der Waals surface area contributed by atoms with E-state index in [4.69, 9.17) is 14.2 Å². The highest BCUT2D eigenvalue weighted by Crippen LogP contribution is 2.27. The van der Waals surface area contributed by atoms with E-state index in [0.717, 1.165) is 5.56 Å². The summed E-state index contributed by atoms with van der Waals surface area (Å²) in [5, 5.41) is 0. The molecule has 0 spiro atoms. The number of rotatable bonds is 7. The summed E-state index contributed by atoms with van der Waals surface area (Å²) < 4.78 is 19.6. The van der Waals surface area contributed by atoms with Crippen LogP contribution in [0.1, 0.15) is 12.5 Å². The van der Waals surface area contributed by atoms with Gasteiger partial charge in [-0.3, -0.25) is 0 Å². The Labute approximate surface area is 123 Å². The molecule has 0 aromatic heterocycles. The molecule has 0 aliphatic heterocycles. The average molecular weight is 294 g/mol. The van der Waals surface area contributed by atoms with Crippen molar-refractivity contribution in [2.45, 2.75) is 6.92 Å². The molecule has 0 bridgehead atoms. The summed E-state index contributed by atoms with van der Waals surface area (Å²) in [6, 6.07) is 5.20. The van der Waals surface area contributed by atoms with Crippen LogP contribution in [0.25, 0.3) is 6.08 Å². The molecule has 0 unspecified atom stereocenters. The van der Waals surface area contributed by atoms with Crippen molar-refractivity contribution in [3.05, 3.63) is 29.8 Å². The van der Waals surface area contributed by atoms with Gasteiger partial charge >= 0.3 is 11.9 Å². The van der Waals surface area contributed by atoms with E-state index in [2.05, 4.69) is 4.74 Å². The van der Waals surface area contributed by atoms with Gasteiger partial charge in [0.15, 0.2) is 18.1 Å². The molecule has 0 atom stereocenters. The molecule has 0 aliphatic carbocycles. The molecule has 0 saturated heterocycles. The number of hydrogen-bond acceptors (Lipinski definition) is 6. The van der Waals surface area contributed by atoms with E-state index >= 15 is 0 Å². The minimum Gasteiger partial charge on any atom is -0.493 e. The maximum atomic E-state index is 11.4. The third kappa shape index (κ3) is 5.56. The van der Waals surface area contributed by atoms with Crippen LogP contribution in [0.4, 0.5) is 0 Å². The second-order valence-electron chi connectivity index (χ2n) is 3.86. The zero-order chi connectivity index (χ0) is 15.7. The monoisotopic (exact) mass is 294 g/mol. The van der Waals surface area contributed by atoms with Gasteiger partial charge in [0, 0.05) is 6.08 Å². The van der Waals surface area contributed by atoms with E-state index in [0.29, 0.717) is 11.5 Å². The zero-order valence-corrected chi connectivity index (χ0v) is 12.3. The number of benzene rings is 1. The molecule has 0 saturated carbocycles. The number of ether oxygens (including phenoxy) is 4. The summed E-state index contributed by atoms with van der Waals surface area (Å²) in [6.07, 6.45) is 2.77. The van der Waals surface area contributed by atoms with Gasteiger partial charge < -0.3 is 18.9 Å². The fraction of sp³-hybridized carbons (Fsp3) is 0.333. The number of carbonyl (C=O) groups is 2. The molecule has 1 aromatic rings. The lowest BCUT2D eigenvalue weighted by atomic mass is 10.2. The van der Waals surface area contributed by atoms with Crippen LogP contribution in [-0.4, -0.2) is 39.4 Å². The van der Waals surface area contributed by atoms with E-state index in [-0.39, 0.29) is 6.61 Å². The normalized spacial score (nSPS) is 10.2. The van der Waals surface area contributed by atoms with E-state index in [1.807, 2.05) is 0 Å². The second kappa shape index (κ2) is 8.63. The summed E-state index contributed by atoms with van der Waals surface area (Å²) in [7, 11) is 3.07. The van der Waals surface area contributed by atoms with Crippen molar-refractivity contribution in [1.29, 1.82) is 0 Å². The molecule has 21 heavy (non-hydrogen) atoms. The first-order valence-corrected chi connectivity index (χ1v) is 6.33. The Morgan fingerprint density at radius 3 is 2.43 bits per heavy atom. The van der Waals surface area contributed by atoms with E-state index in [1.165, 1.54) is 13.2 Å². The van der Waals surface area contributed by atoms with Crippen molar-refractivity contribution >= 4 is 18.0 Å². The fourth-order valence-electron chi connectivity index (χ4n) is 1.50. The second-order valence-corrected chi connectivity index (χ2v) is 3.86. The first kappa shape index (κ1) is 16.6. The van der Waals surface area contributed by atoms with Crippen LogP contribution in [0.5, 0.6) is 11.5 Å². The molecule has 0 amide bonds. The van der Waals surface area contributed by atoms with Crippen LogP contribution in [-0.2, 0) is 19.1 Å². The van der Waals surface area contributed by atoms with Gasteiger partial charge in [-0.1, -0.05) is 6.07 Å². The van der Waals surface area contributed by atoms with Gasteiger partial charge in [0.25, 0.3) is 0 Å². The summed E-state index contributed by atoms with van der Waals surface area (Å²) in [5.74, 6) is -0.0534. The number of methoxy groups -OCH3 is 2. The number of carbonyl (C=O) groups excluding carboxylic acids is 2. The maximum Gasteiger partial charge on any atom is 0.344 e. The molecule has 0 N–H and O–H groups in total. The quantitative estimate of drug-likeness (QED) is 0.564. The Morgan fingerprint density at radius 2 is 1.81 bits per heavy atom. The largest absolute Gasteiger partial charge is 0.493 e. The molecular formula is C15H18O6. The fourth-order valence-corrected chi connectivity index (χ4v) is 1.50. The van der Waals surface area contributed by atoms with Crippen LogP contribution >= 0.6 is 0 Å². The van der Waals surface area contributed by atoms with Gasteiger partial charge in [-0.25, -0.2) is 9.59 Å². The average Bonchev–Trinajstić information content (AvgIpc) is 2.50. The number of esters is 2. The van der Waals surface area contributed by atoms with Crippen molar-refractivity contribution in [2.75, 3.05) is 27.4 Å². The van der Waals surface area contributed by atoms with Crippen molar-refractivity contribution in [3.8, 4) is 11.5 Å². The molecule has 0 aliphatic rings. The Balaban J connectivity index is 2.59. The van der Waals surface area contributed by atoms with Crippen molar-refractivity contribution < 1.29 is 28.5 Å². The van der Waals surface area contributed by atoms with Crippen LogP contribution in [0.2, 0.25) is 0 Å². The third-order valence-electron chi connectivity index (χ3n) is 2.46. The Hall–Kier alpha value is -2.50. The predicted molar refractivity (Wildman–Crippen MR) is 76.2 cm³/mol. The van der Waals surface area contributed by atoms with Gasteiger partial charge in [-0.05, 0) is 30.7 Å². The van der Waals surface area contributed by atoms with Gasteiger partial charge in [-0.2, -0.15) is 0 Å². The molecule has 0 radical (unpaired) electrons. The van der Waals surface area contributed by atoms with Gasteiger partial charge in [0.1, 0.15) is 0 Å². The zero-order valence-electron chi connectivity index (χ0n) is 12.3. The molecule has 6 heteroatoms. The van der Waals surface area contributed by atoms with Crippen LogP contribution in [0.15, 0.2) is 24.3 Å². The lowest BCUT2D eigenvalue weighted by Gasteiger charge is -2.07. The molecule has 6 nitrogen and oxygen atoms in total. The minimum atomic E-state index is -0.627. The lowest BCUT2D eigenvalue weighted by molar-refractivity contribution is -0.155. The molecule has 1 rings (SSSR count). The van der Waals surface area contributed by atoms with Gasteiger partial charge in [-0.15, -0.1) is 0 Å². The van der Waals surface area contributed by atoms with Crippen molar-refractivity contribution in [2.24, 2.45) is 0 Å². The first-order valence-electron chi connectivity index (χ1n) is 6.33. The highest BCUT2D eigenvalue weighted by molar-refractivity contribution is 5.88. The molecule has 0 heterocycles. The molecule has 114 valence electrons. The van der Waals surface area contributed by atoms with Crippen LogP contribution in [0.3, 0.4) is 0 Å². The minimum absolute atomic E-state index is 0.248. The maximum absolute atomic E-state index is 11.4. The molecule has 1 aromatic carbocycles. The Bertz CT molecular complexity index is 521. The van der Waals surface area contributed by atoms with Crippen molar-refractivity contribution in [3.63, 3.8) is 0 Å². The van der Waals surface area contributed by atoms with Crippen molar-refractivity contribution in [1.82, 2.24) is 0 Å². The molecular weight excluding hydrogens is 276 g/mol. The predicted octanol–water partition coefficient (Wildman–Crippen LogP) is 1.82. The smallest absolute Gasteiger partial charge is 0.344 e. The lowest BCUT2D eigenvalue weighted by Crippen LogP contribution is -2.15. The highest BCUT2D eigenvalue weighted by Gasteiger charge is 2.06. The summed E-state index contributed by atoms with van der Waals surface area (Å²) >= 11 is 0. The van der Waals surface area contributed by atoms with Gasteiger partial charge in [0.2, 0.25) is 0 Å². The SMILES string of the molecule is CCOC(=O)COC(=O)/C=C/c1ccc(OC)c(OC)c1. The number of hydrogen-bond donors (Lipinski definition) is 0. The van der Waals surface area contributed by atoms with E-state index < -0.39 is 18.5 Å². The summed E-state index contributed by atoms with van der Waals surface area (Å²) in [5.41, 5.74) is 0.737. The highest BCUT2D eigenvalue weighted by atomic mass is 16.6. The molecule has 0 fully saturated rings. The van der Waals surface area contributed by atoms with Crippen LogP contribution in [0, 0.1) is 0 Å². The third-order valence-corrected chi connectivity index (χ3v) is 2.46. The Kier molecular flexibility index (Phi) is 6.80. The standard InChI is InChI=1S/C15H18O6/c1-4-20-15(17)10-21-14(16)8-6-11-5-7-12(18-2)13(9-11)19-3/h5-9H,4,10H2,1-3H3/b8-6+. The summed E-state index contributed by atoms with van der Waals surface area (Å²) in [6.45, 7) is 1.53. The topological polar surface area (TPSA) is 71.1 Å². The van der Waals surface area contributed by atoms with E-state index in [9.17, 15) is 9.59 Å².